The number of amides is 1. The third kappa shape index (κ3) is 4.39. The van der Waals surface area contributed by atoms with Crippen LogP contribution in [-0.2, 0) is 6.18 Å². The number of hydrogen-bond acceptors (Lipinski definition) is 6. The molecule has 1 aliphatic heterocycles. The summed E-state index contributed by atoms with van der Waals surface area (Å²) in [5.74, 6) is -0.0799. The Labute approximate surface area is 181 Å². The van der Waals surface area contributed by atoms with E-state index in [4.69, 9.17) is 5.73 Å². The summed E-state index contributed by atoms with van der Waals surface area (Å²) in [6.07, 6.45) is -1.30. The van der Waals surface area contributed by atoms with Gasteiger partial charge in [0.1, 0.15) is 4.88 Å². The zero-order valence-corrected chi connectivity index (χ0v) is 17.5. The summed E-state index contributed by atoms with van der Waals surface area (Å²) in [6.45, 7) is 2.88. The number of aromatic nitrogens is 3. The van der Waals surface area contributed by atoms with Gasteiger partial charge in [0.05, 0.1) is 22.5 Å². The molecule has 6 nitrogen and oxygen atoms in total. The number of thiazole rings is 1. The van der Waals surface area contributed by atoms with Gasteiger partial charge in [-0.25, -0.2) is 15.0 Å². The zero-order valence-electron chi connectivity index (χ0n) is 16.7. The van der Waals surface area contributed by atoms with Gasteiger partial charge in [0.2, 0.25) is 5.95 Å². The fourth-order valence-corrected chi connectivity index (χ4v) is 4.59. The summed E-state index contributed by atoms with van der Waals surface area (Å²) in [5.41, 5.74) is 9.30. The summed E-state index contributed by atoms with van der Waals surface area (Å²) >= 11 is 1.31. The van der Waals surface area contributed by atoms with Crippen LogP contribution in [0.3, 0.4) is 0 Å². The Kier molecular flexibility index (Phi) is 5.65. The van der Waals surface area contributed by atoms with E-state index in [2.05, 4.69) is 15.0 Å². The number of aryl methyl sites for hydroxylation is 1. The van der Waals surface area contributed by atoms with Gasteiger partial charge in [0.25, 0.3) is 5.91 Å². The van der Waals surface area contributed by atoms with Crippen molar-refractivity contribution in [2.24, 2.45) is 0 Å². The van der Waals surface area contributed by atoms with Gasteiger partial charge in [-0.1, -0.05) is 12.1 Å². The van der Waals surface area contributed by atoms with Crippen LogP contribution in [0.25, 0.3) is 11.1 Å². The highest BCUT2D eigenvalue weighted by atomic mass is 32.1. The smallest absolute Gasteiger partial charge is 0.368 e. The molecule has 10 heteroatoms. The predicted octanol–water partition coefficient (Wildman–Crippen LogP) is 4.53. The van der Waals surface area contributed by atoms with Crippen molar-refractivity contribution in [3.05, 3.63) is 57.8 Å². The maximum Gasteiger partial charge on any atom is 0.416 e. The molecule has 2 N–H and O–H groups in total. The number of nitrogens with two attached hydrogens (primary N) is 1. The molecular weight excluding hydrogens is 427 g/mol. The quantitative estimate of drug-likeness (QED) is 0.638. The average molecular weight is 447 g/mol. The molecule has 3 aromatic rings. The number of carbonyl (C=O) groups is 1. The van der Waals surface area contributed by atoms with Gasteiger partial charge in [-0.3, -0.25) is 4.79 Å². The lowest BCUT2D eigenvalue weighted by Gasteiger charge is -2.33. The van der Waals surface area contributed by atoms with Gasteiger partial charge in [-0.15, -0.1) is 11.3 Å². The molecule has 0 unspecified atom stereocenters. The van der Waals surface area contributed by atoms with Crippen molar-refractivity contribution in [2.45, 2.75) is 31.9 Å². The molecule has 0 aliphatic carbocycles. The van der Waals surface area contributed by atoms with E-state index in [9.17, 15) is 18.0 Å². The van der Waals surface area contributed by atoms with E-state index >= 15 is 0 Å². The summed E-state index contributed by atoms with van der Waals surface area (Å²) in [6, 6.07) is 4.90. The molecule has 1 aliphatic rings. The van der Waals surface area contributed by atoms with E-state index in [1.165, 1.54) is 29.7 Å². The van der Waals surface area contributed by atoms with E-state index in [1.54, 1.807) is 17.3 Å². The van der Waals surface area contributed by atoms with Crippen molar-refractivity contribution in [1.82, 2.24) is 19.9 Å². The molecule has 1 fully saturated rings. The first-order valence-corrected chi connectivity index (χ1v) is 10.6. The molecule has 2 aromatic heterocycles. The molecule has 1 saturated heterocycles. The number of piperidine rings is 1. The Balaban J connectivity index is 1.64. The highest BCUT2D eigenvalue weighted by Crippen LogP contribution is 2.36. The molecule has 0 spiro atoms. The van der Waals surface area contributed by atoms with Crippen LogP contribution in [-0.4, -0.2) is 38.8 Å². The monoisotopic (exact) mass is 447 g/mol. The van der Waals surface area contributed by atoms with Crippen molar-refractivity contribution in [3.63, 3.8) is 0 Å². The summed E-state index contributed by atoms with van der Waals surface area (Å²) in [5, 5.41) is 0. The Morgan fingerprint density at radius 1 is 1.23 bits per heavy atom. The molecule has 1 atom stereocenters. The van der Waals surface area contributed by atoms with Gasteiger partial charge in [-0.2, -0.15) is 13.2 Å². The first-order chi connectivity index (χ1) is 14.7. The Hall–Kier alpha value is -3.01. The Morgan fingerprint density at radius 2 is 1.97 bits per heavy atom. The molecule has 4 rings (SSSR count). The number of benzene rings is 1. The predicted molar refractivity (Wildman–Crippen MR) is 112 cm³/mol. The van der Waals surface area contributed by atoms with Crippen LogP contribution in [0.2, 0.25) is 0 Å². The molecule has 1 aromatic carbocycles. The third-order valence-electron chi connectivity index (χ3n) is 5.40. The normalized spacial score (nSPS) is 17.0. The van der Waals surface area contributed by atoms with Crippen LogP contribution in [0.4, 0.5) is 19.1 Å². The standard InChI is InChI=1S/C21H20F3N5OS/c1-12-18(31-11-27-12)19(30)29-8-2-3-14(10-29)17-16(9-26-20(25)28-17)13-4-6-15(7-5-13)21(22,23)24/h4-7,9,11,14H,2-3,8,10H2,1H3,(H2,25,26,28)/t14-/m1/s1. The summed E-state index contributed by atoms with van der Waals surface area (Å²) in [4.78, 5) is 28.0. The molecule has 0 saturated carbocycles. The first kappa shape index (κ1) is 21.2. The fourth-order valence-electron chi connectivity index (χ4n) is 3.82. The van der Waals surface area contributed by atoms with Gasteiger partial charge in [0.15, 0.2) is 0 Å². The highest BCUT2D eigenvalue weighted by molar-refractivity contribution is 7.11. The minimum Gasteiger partial charge on any atom is -0.368 e. The number of likely N-dealkylation sites (tertiary alicyclic amines) is 1. The lowest BCUT2D eigenvalue weighted by molar-refractivity contribution is -0.137. The number of anilines is 1. The topological polar surface area (TPSA) is 85.0 Å². The van der Waals surface area contributed by atoms with Crippen LogP contribution in [0.1, 0.15) is 45.4 Å². The first-order valence-electron chi connectivity index (χ1n) is 9.73. The zero-order chi connectivity index (χ0) is 22.2. The fraction of sp³-hybridized carbons (Fsp3) is 0.333. The van der Waals surface area contributed by atoms with Gasteiger partial charge in [-0.05, 0) is 37.5 Å². The number of rotatable bonds is 3. The van der Waals surface area contributed by atoms with Crippen LogP contribution in [0, 0.1) is 6.92 Å². The van der Waals surface area contributed by atoms with Crippen molar-refractivity contribution in [3.8, 4) is 11.1 Å². The van der Waals surface area contributed by atoms with E-state index in [0.717, 1.165) is 25.0 Å². The van der Waals surface area contributed by atoms with Crippen LogP contribution in [0.5, 0.6) is 0 Å². The number of nitrogens with zero attached hydrogens (tertiary/aromatic N) is 4. The molecule has 0 bridgehead atoms. The average Bonchev–Trinajstić information content (AvgIpc) is 3.18. The minimum absolute atomic E-state index is 0.0668. The van der Waals surface area contributed by atoms with E-state index in [0.29, 0.717) is 40.5 Å². The molecule has 1 amide bonds. The molecule has 0 radical (unpaired) electrons. The largest absolute Gasteiger partial charge is 0.416 e. The number of halogens is 3. The van der Waals surface area contributed by atoms with Gasteiger partial charge in [0, 0.05) is 30.8 Å². The molecular formula is C21H20F3N5OS. The van der Waals surface area contributed by atoms with Crippen molar-refractivity contribution in [2.75, 3.05) is 18.8 Å². The van der Waals surface area contributed by atoms with Crippen LogP contribution in [0.15, 0.2) is 36.0 Å². The number of nitrogen functional groups attached to an aromatic ring is 1. The van der Waals surface area contributed by atoms with Gasteiger partial charge < -0.3 is 10.6 Å². The van der Waals surface area contributed by atoms with Crippen LogP contribution < -0.4 is 5.73 Å². The number of carbonyl (C=O) groups excluding carboxylic acids is 1. The van der Waals surface area contributed by atoms with Crippen molar-refractivity contribution in [1.29, 1.82) is 0 Å². The number of alkyl halides is 3. The second-order valence-electron chi connectivity index (χ2n) is 7.46. The molecule has 31 heavy (non-hydrogen) atoms. The second-order valence-corrected chi connectivity index (χ2v) is 8.31. The maximum absolute atomic E-state index is 12.9. The Bertz CT molecular complexity index is 1100. The number of hydrogen-bond donors (Lipinski definition) is 1. The van der Waals surface area contributed by atoms with E-state index in [1.807, 2.05) is 0 Å². The van der Waals surface area contributed by atoms with E-state index in [-0.39, 0.29) is 17.8 Å². The third-order valence-corrected chi connectivity index (χ3v) is 6.31. The van der Waals surface area contributed by atoms with Gasteiger partial charge >= 0.3 is 6.18 Å². The lowest BCUT2D eigenvalue weighted by Crippen LogP contribution is -2.39. The van der Waals surface area contributed by atoms with Crippen LogP contribution >= 0.6 is 11.3 Å². The van der Waals surface area contributed by atoms with E-state index < -0.39 is 11.7 Å². The summed E-state index contributed by atoms with van der Waals surface area (Å²) in [7, 11) is 0. The summed E-state index contributed by atoms with van der Waals surface area (Å²) < 4.78 is 38.8. The second kappa shape index (κ2) is 8.26. The highest BCUT2D eigenvalue weighted by Gasteiger charge is 2.31. The van der Waals surface area contributed by atoms with Crippen molar-refractivity contribution < 1.29 is 18.0 Å². The Morgan fingerprint density at radius 3 is 2.61 bits per heavy atom. The SMILES string of the molecule is Cc1ncsc1C(=O)N1CCC[C@@H](c2nc(N)ncc2-c2ccc(C(F)(F)F)cc2)C1. The minimum atomic E-state index is -4.40. The lowest BCUT2D eigenvalue weighted by atomic mass is 9.89. The maximum atomic E-state index is 12.9. The van der Waals surface area contributed by atoms with Crippen molar-refractivity contribution >= 4 is 23.2 Å². The molecule has 3 heterocycles. The molecule has 162 valence electrons.